The average Bonchev–Trinajstić information content (AvgIpc) is 3.28. The Morgan fingerprint density at radius 1 is 1.03 bits per heavy atom. The minimum Gasteiger partial charge on any atom is -0.353 e. The van der Waals surface area contributed by atoms with Crippen LogP contribution in [0.3, 0.4) is 0 Å². The standard InChI is InChI=1S/C26H40N2O2/c1-24-15-17-16-27-28-22(17)14-18(24)7-8-19-20(24)9-11-25(2)21(19)10-12-26(25,3)30-23-6-4-5-13-29-23/h16,18-21,23H,4-15H2,1-3H3,(H,27,28)/t18-,19+,20-,21-,23+,24-,25-,26-/m0/s1. The number of hydrogen-bond donors (Lipinski definition) is 1. The normalized spacial score (nSPS) is 50.3. The topological polar surface area (TPSA) is 47.1 Å². The van der Waals surface area contributed by atoms with Gasteiger partial charge in [-0.05, 0) is 118 Å². The molecule has 0 amide bonds. The van der Waals surface area contributed by atoms with Crippen molar-refractivity contribution in [3.8, 4) is 0 Å². The SMILES string of the molecule is C[C@]12Cc3cn[nH]c3C[C@@H]1CC[C@@H]1[C@@H]2CC[C@@]2(C)[C@H]1CC[C@]2(C)O[C@@H]1CCCCO1. The minimum atomic E-state index is -0.0211. The zero-order valence-corrected chi connectivity index (χ0v) is 19.2. The van der Waals surface area contributed by atoms with Gasteiger partial charge in [0.25, 0.3) is 0 Å². The number of nitrogens with zero attached hydrogens (tertiary/aromatic N) is 1. The Bertz CT molecular complexity index is 801. The number of hydrogen-bond acceptors (Lipinski definition) is 3. The fraction of sp³-hybridized carbons (Fsp3) is 0.885. The molecule has 2 heterocycles. The second kappa shape index (κ2) is 6.81. The van der Waals surface area contributed by atoms with Gasteiger partial charge in [0.05, 0.1) is 11.8 Å². The molecule has 0 aromatic carbocycles. The van der Waals surface area contributed by atoms with Crippen molar-refractivity contribution >= 4 is 0 Å². The van der Waals surface area contributed by atoms with Crippen molar-refractivity contribution in [1.29, 1.82) is 0 Å². The Labute approximate surface area is 181 Å². The van der Waals surface area contributed by atoms with E-state index in [2.05, 4.69) is 37.2 Å². The minimum absolute atomic E-state index is 0.0211. The molecule has 0 radical (unpaired) electrons. The summed E-state index contributed by atoms with van der Waals surface area (Å²) in [4.78, 5) is 0. The Hall–Kier alpha value is -0.870. The van der Waals surface area contributed by atoms with Crippen LogP contribution in [0.1, 0.15) is 89.8 Å². The van der Waals surface area contributed by atoms with Gasteiger partial charge in [0.1, 0.15) is 0 Å². The number of nitrogens with one attached hydrogen (secondary N) is 1. The van der Waals surface area contributed by atoms with Crippen LogP contribution < -0.4 is 0 Å². The molecular weight excluding hydrogens is 372 g/mol. The maximum Gasteiger partial charge on any atom is 0.158 e. The van der Waals surface area contributed by atoms with E-state index in [-0.39, 0.29) is 11.9 Å². The van der Waals surface area contributed by atoms with E-state index in [1.807, 2.05) is 0 Å². The quantitative estimate of drug-likeness (QED) is 0.681. The van der Waals surface area contributed by atoms with E-state index in [1.165, 1.54) is 75.5 Å². The molecule has 6 rings (SSSR count). The zero-order valence-electron chi connectivity index (χ0n) is 19.2. The Morgan fingerprint density at radius 3 is 2.73 bits per heavy atom. The summed E-state index contributed by atoms with van der Waals surface area (Å²) in [5.74, 6) is 3.38. The highest BCUT2D eigenvalue weighted by Gasteiger charge is 2.64. The van der Waals surface area contributed by atoms with Crippen molar-refractivity contribution in [3.05, 3.63) is 17.5 Å². The van der Waals surface area contributed by atoms with Crippen LogP contribution in [-0.2, 0) is 22.3 Å². The number of aromatic amines is 1. The molecule has 1 aromatic heterocycles. The van der Waals surface area contributed by atoms with Gasteiger partial charge in [0.2, 0.25) is 0 Å². The molecule has 1 aliphatic heterocycles. The first kappa shape index (κ1) is 19.8. The highest BCUT2D eigenvalue weighted by molar-refractivity contribution is 5.26. The molecule has 4 aliphatic carbocycles. The molecule has 8 atom stereocenters. The van der Waals surface area contributed by atoms with E-state index in [9.17, 15) is 0 Å². The molecule has 0 unspecified atom stereocenters. The summed E-state index contributed by atoms with van der Waals surface area (Å²) in [5, 5.41) is 7.68. The average molecular weight is 413 g/mol. The predicted molar refractivity (Wildman–Crippen MR) is 117 cm³/mol. The monoisotopic (exact) mass is 412 g/mol. The fourth-order valence-corrected chi connectivity index (χ4v) is 8.98. The predicted octanol–water partition coefficient (Wildman–Crippen LogP) is 5.67. The van der Waals surface area contributed by atoms with Crippen LogP contribution in [0.15, 0.2) is 6.20 Å². The number of H-pyrrole nitrogens is 1. The van der Waals surface area contributed by atoms with Crippen molar-refractivity contribution in [2.24, 2.45) is 34.5 Å². The lowest BCUT2D eigenvalue weighted by Crippen LogP contribution is -2.57. The third-order valence-corrected chi connectivity index (χ3v) is 11.0. The zero-order chi connectivity index (χ0) is 20.6. The molecule has 0 bridgehead atoms. The second-order valence-corrected chi connectivity index (χ2v) is 12.1. The van der Waals surface area contributed by atoms with Crippen molar-refractivity contribution in [2.45, 2.75) is 103 Å². The second-order valence-electron chi connectivity index (χ2n) is 12.1. The van der Waals surface area contributed by atoms with Crippen LogP contribution in [0.5, 0.6) is 0 Å². The molecule has 4 heteroatoms. The van der Waals surface area contributed by atoms with E-state index in [1.54, 1.807) is 0 Å². The number of aromatic nitrogens is 2. The Kier molecular flexibility index (Phi) is 4.49. The van der Waals surface area contributed by atoms with Crippen LogP contribution in [0.4, 0.5) is 0 Å². The summed E-state index contributed by atoms with van der Waals surface area (Å²) in [5.41, 5.74) is 3.65. The van der Waals surface area contributed by atoms with Crippen LogP contribution in [0.25, 0.3) is 0 Å². The molecule has 1 N–H and O–H groups in total. The van der Waals surface area contributed by atoms with E-state index in [0.717, 1.165) is 36.7 Å². The number of fused-ring (bicyclic) bond motifs is 6. The van der Waals surface area contributed by atoms with Crippen LogP contribution in [0, 0.1) is 34.5 Å². The van der Waals surface area contributed by atoms with Gasteiger partial charge < -0.3 is 9.47 Å². The van der Waals surface area contributed by atoms with Crippen LogP contribution in [0.2, 0.25) is 0 Å². The molecular formula is C26H40N2O2. The van der Waals surface area contributed by atoms with Gasteiger partial charge in [-0.1, -0.05) is 13.8 Å². The summed E-state index contributed by atoms with van der Waals surface area (Å²) in [6, 6.07) is 0. The third kappa shape index (κ3) is 2.68. The fourth-order valence-electron chi connectivity index (χ4n) is 8.98. The molecule has 3 saturated carbocycles. The smallest absolute Gasteiger partial charge is 0.158 e. The van der Waals surface area contributed by atoms with E-state index in [0.29, 0.717) is 10.8 Å². The van der Waals surface area contributed by atoms with Gasteiger partial charge >= 0.3 is 0 Å². The summed E-state index contributed by atoms with van der Waals surface area (Å²) in [6.07, 6.45) is 16.2. The maximum absolute atomic E-state index is 6.83. The van der Waals surface area contributed by atoms with Crippen molar-refractivity contribution < 1.29 is 9.47 Å². The van der Waals surface area contributed by atoms with Gasteiger partial charge in [-0.25, -0.2) is 0 Å². The molecule has 5 aliphatic rings. The molecule has 1 saturated heterocycles. The van der Waals surface area contributed by atoms with Crippen LogP contribution in [-0.4, -0.2) is 28.7 Å². The lowest BCUT2D eigenvalue weighted by atomic mass is 9.44. The molecule has 4 nitrogen and oxygen atoms in total. The van der Waals surface area contributed by atoms with Crippen molar-refractivity contribution in [3.63, 3.8) is 0 Å². The van der Waals surface area contributed by atoms with E-state index in [4.69, 9.17) is 9.47 Å². The van der Waals surface area contributed by atoms with Gasteiger partial charge in [-0.3, -0.25) is 5.10 Å². The number of ether oxygens (including phenoxy) is 2. The first-order valence-corrected chi connectivity index (χ1v) is 12.7. The largest absolute Gasteiger partial charge is 0.353 e. The lowest BCUT2D eigenvalue weighted by molar-refractivity contribution is -0.257. The van der Waals surface area contributed by atoms with Gasteiger partial charge in [0.15, 0.2) is 6.29 Å². The molecule has 1 aromatic rings. The highest BCUT2D eigenvalue weighted by Crippen LogP contribution is 2.68. The van der Waals surface area contributed by atoms with Gasteiger partial charge in [-0.2, -0.15) is 5.10 Å². The Balaban J connectivity index is 1.26. The first-order chi connectivity index (χ1) is 14.4. The highest BCUT2D eigenvalue weighted by atomic mass is 16.7. The Morgan fingerprint density at radius 2 is 1.90 bits per heavy atom. The van der Waals surface area contributed by atoms with Crippen molar-refractivity contribution in [2.75, 3.05) is 6.61 Å². The number of rotatable bonds is 2. The molecule has 166 valence electrons. The lowest BCUT2D eigenvalue weighted by Gasteiger charge is -2.61. The van der Waals surface area contributed by atoms with E-state index >= 15 is 0 Å². The molecule has 4 fully saturated rings. The third-order valence-electron chi connectivity index (χ3n) is 11.0. The van der Waals surface area contributed by atoms with Gasteiger partial charge in [0, 0.05) is 12.3 Å². The molecule has 0 spiro atoms. The molecule has 30 heavy (non-hydrogen) atoms. The summed E-state index contributed by atoms with van der Waals surface area (Å²) < 4.78 is 12.8. The first-order valence-electron chi connectivity index (χ1n) is 12.7. The van der Waals surface area contributed by atoms with Crippen LogP contribution >= 0.6 is 0 Å². The van der Waals surface area contributed by atoms with Crippen molar-refractivity contribution in [1.82, 2.24) is 10.2 Å². The summed E-state index contributed by atoms with van der Waals surface area (Å²) >= 11 is 0. The van der Waals surface area contributed by atoms with Gasteiger partial charge in [-0.15, -0.1) is 0 Å². The summed E-state index contributed by atoms with van der Waals surface area (Å²) in [7, 11) is 0. The van der Waals surface area contributed by atoms with E-state index < -0.39 is 0 Å². The summed E-state index contributed by atoms with van der Waals surface area (Å²) in [6.45, 7) is 8.51. The maximum atomic E-state index is 6.83.